The third-order valence-corrected chi connectivity index (χ3v) is 10.3. The Kier molecular flexibility index (Phi) is 6.82. The zero-order valence-corrected chi connectivity index (χ0v) is 28.2. The molecular formula is C42H26O14. The maximum absolute atomic E-state index is 11.9. The van der Waals surface area contributed by atoms with Crippen LogP contribution in [0.4, 0.5) is 0 Å². The average Bonchev–Trinajstić information content (AvgIpc) is 3.61. The van der Waals surface area contributed by atoms with E-state index in [4.69, 9.17) is 4.42 Å². The van der Waals surface area contributed by atoms with Crippen molar-refractivity contribution in [2.24, 2.45) is 0 Å². The monoisotopic (exact) mass is 754 g/mol. The van der Waals surface area contributed by atoms with Gasteiger partial charge in [0.25, 0.3) is 0 Å². The van der Waals surface area contributed by atoms with Gasteiger partial charge in [0.1, 0.15) is 11.5 Å². The SMILES string of the molecule is Oc1c(O)c(-c2ccccc2)c(O)c(-c2c3ccccc3c(-c3c(O)c(O)c(O)c4oc5c(O)c6c(O)c(O)c(O)c(O)c6c(O)c5c34)c3ccccc23)c1O. The van der Waals surface area contributed by atoms with Crippen molar-refractivity contribution in [3.63, 3.8) is 0 Å². The molecule has 0 fully saturated rings. The molecule has 0 aliphatic carbocycles. The molecule has 0 spiro atoms. The second kappa shape index (κ2) is 11.4. The van der Waals surface area contributed by atoms with Gasteiger partial charge in [0.2, 0.25) is 28.7 Å². The molecule has 0 atom stereocenters. The largest absolute Gasteiger partial charge is 0.506 e. The van der Waals surface area contributed by atoms with E-state index >= 15 is 0 Å². The zero-order valence-electron chi connectivity index (χ0n) is 28.2. The quantitative estimate of drug-likeness (QED) is 0.0460. The van der Waals surface area contributed by atoms with Crippen LogP contribution in [0.25, 0.3) is 87.6 Å². The van der Waals surface area contributed by atoms with Crippen LogP contribution >= 0.6 is 0 Å². The molecule has 14 heteroatoms. The van der Waals surface area contributed by atoms with E-state index in [1.54, 1.807) is 78.9 Å². The van der Waals surface area contributed by atoms with Crippen LogP contribution in [0, 0.1) is 0 Å². The number of phenols is 13. The summed E-state index contributed by atoms with van der Waals surface area (Å²) in [6.45, 7) is 0. The second-order valence-electron chi connectivity index (χ2n) is 13.1. The van der Waals surface area contributed by atoms with Crippen LogP contribution in [0.1, 0.15) is 0 Å². The summed E-state index contributed by atoms with van der Waals surface area (Å²) >= 11 is 0. The Bertz CT molecular complexity index is 3160. The van der Waals surface area contributed by atoms with Gasteiger partial charge in [0, 0.05) is 22.1 Å². The van der Waals surface area contributed by atoms with Gasteiger partial charge in [-0.15, -0.1) is 0 Å². The van der Waals surface area contributed by atoms with Crippen LogP contribution in [-0.2, 0) is 0 Å². The highest BCUT2D eigenvalue weighted by Crippen LogP contribution is 2.63. The molecule has 1 aromatic heterocycles. The highest BCUT2D eigenvalue weighted by molar-refractivity contribution is 6.31. The molecule has 0 saturated heterocycles. The van der Waals surface area contributed by atoms with E-state index in [1.165, 1.54) is 0 Å². The molecule has 9 rings (SSSR count). The molecule has 0 amide bonds. The highest BCUT2D eigenvalue weighted by atomic mass is 16.4. The van der Waals surface area contributed by atoms with E-state index < -0.39 is 102 Å². The fourth-order valence-electron chi connectivity index (χ4n) is 7.81. The van der Waals surface area contributed by atoms with Crippen LogP contribution < -0.4 is 0 Å². The van der Waals surface area contributed by atoms with Crippen molar-refractivity contribution in [3.8, 4) is 108 Å². The first kappa shape index (κ1) is 33.6. The molecule has 8 aromatic carbocycles. The molecule has 14 nitrogen and oxygen atoms in total. The summed E-state index contributed by atoms with van der Waals surface area (Å²) in [6.07, 6.45) is 0. The molecule has 0 aliphatic heterocycles. The maximum atomic E-state index is 11.9. The third kappa shape index (κ3) is 4.08. The molecule has 278 valence electrons. The number of hydrogen-bond donors (Lipinski definition) is 13. The standard InChI is InChI=1S/C42H26O14/c43-28-19(14-8-2-1-3-9-14)30(45)36(51)32(47)24(28)21-17-12-6-4-10-15(17)20(16-11-5-7-13-18(16)21)22-23-27-29(44)25-26(34(49)38(53)37(52)33(25)48)35(50)42(27)56-41(23)40(55)39(54)31(22)46/h1-13,43-55H. The number of hydrogen-bond acceptors (Lipinski definition) is 14. The van der Waals surface area contributed by atoms with Crippen molar-refractivity contribution in [2.45, 2.75) is 0 Å². The van der Waals surface area contributed by atoms with Gasteiger partial charge in [-0.1, -0.05) is 78.9 Å². The number of rotatable bonds is 3. The van der Waals surface area contributed by atoms with E-state index in [0.29, 0.717) is 5.56 Å². The summed E-state index contributed by atoms with van der Waals surface area (Å²) in [5.74, 6) is -12.9. The first-order valence-electron chi connectivity index (χ1n) is 16.6. The van der Waals surface area contributed by atoms with Crippen molar-refractivity contribution >= 4 is 54.3 Å². The van der Waals surface area contributed by atoms with Crippen LogP contribution in [0.2, 0.25) is 0 Å². The van der Waals surface area contributed by atoms with Crippen molar-refractivity contribution < 1.29 is 70.8 Å². The van der Waals surface area contributed by atoms with E-state index in [9.17, 15) is 66.4 Å². The Morgan fingerprint density at radius 2 is 0.643 bits per heavy atom. The molecule has 0 unspecified atom stereocenters. The van der Waals surface area contributed by atoms with Crippen molar-refractivity contribution in [2.75, 3.05) is 0 Å². The smallest absolute Gasteiger partial charge is 0.205 e. The summed E-state index contributed by atoms with van der Waals surface area (Å²) in [5, 5.41) is 143. The summed E-state index contributed by atoms with van der Waals surface area (Å²) in [6, 6.07) is 21.0. The third-order valence-electron chi connectivity index (χ3n) is 10.3. The summed E-state index contributed by atoms with van der Waals surface area (Å²) in [7, 11) is 0. The molecule has 0 bridgehead atoms. The lowest BCUT2D eigenvalue weighted by Crippen LogP contribution is -1.94. The molecule has 13 N–H and O–H groups in total. The molecule has 1 heterocycles. The van der Waals surface area contributed by atoms with E-state index in [2.05, 4.69) is 0 Å². The molecule has 0 radical (unpaired) electrons. The van der Waals surface area contributed by atoms with Crippen LogP contribution in [0.15, 0.2) is 83.3 Å². The minimum absolute atomic E-state index is 0.102. The second-order valence-corrected chi connectivity index (χ2v) is 13.1. The molecule has 0 aliphatic rings. The number of furan rings is 1. The first-order chi connectivity index (χ1) is 26.8. The van der Waals surface area contributed by atoms with Crippen LogP contribution in [0.3, 0.4) is 0 Å². The maximum Gasteiger partial charge on any atom is 0.205 e. The number of aromatic hydroxyl groups is 13. The van der Waals surface area contributed by atoms with Crippen molar-refractivity contribution in [3.05, 3.63) is 78.9 Å². The Balaban J connectivity index is 1.51. The minimum Gasteiger partial charge on any atom is -0.506 e. The number of phenolic OH excluding ortho intramolecular Hbond substituents is 13. The van der Waals surface area contributed by atoms with Gasteiger partial charge in [0.05, 0.1) is 27.3 Å². The lowest BCUT2D eigenvalue weighted by atomic mass is 9.83. The predicted octanol–water partition coefficient (Wildman–Crippen LogP) is 8.22. The minimum atomic E-state index is -1.24. The normalized spacial score (nSPS) is 11.8. The van der Waals surface area contributed by atoms with Crippen molar-refractivity contribution in [1.82, 2.24) is 0 Å². The predicted molar refractivity (Wildman–Crippen MR) is 204 cm³/mol. The number of benzene rings is 8. The van der Waals surface area contributed by atoms with Gasteiger partial charge in [-0.25, -0.2) is 0 Å². The topological polar surface area (TPSA) is 276 Å². The zero-order chi connectivity index (χ0) is 39.6. The number of fused-ring (bicyclic) bond motifs is 6. The van der Waals surface area contributed by atoms with Gasteiger partial charge in [0.15, 0.2) is 45.7 Å². The summed E-state index contributed by atoms with van der Waals surface area (Å²) < 4.78 is 5.81. The Labute approximate surface area is 311 Å². The fourth-order valence-corrected chi connectivity index (χ4v) is 7.81. The van der Waals surface area contributed by atoms with E-state index in [0.717, 1.165) is 0 Å². The van der Waals surface area contributed by atoms with Crippen LogP contribution in [-0.4, -0.2) is 66.4 Å². The molecule has 9 aromatic rings. The summed E-state index contributed by atoms with van der Waals surface area (Å²) in [5.41, 5.74) is -1.44. The lowest BCUT2D eigenvalue weighted by Gasteiger charge is -2.22. The first-order valence-corrected chi connectivity index (χ1v) is 16.6. The lowest BCUT2D eigenvalue weighted by molar-refractivity contribution is 0.349. The van der Waals surface area contributed by atoms with Gasteiger partial charge in [-0.2, -0.15) is 0 Å². The van der Waals surface area contributed by atoms with Gasteiger partial charge >= 0.3 is 0 Å². The van der Waals surface area contributed by atoms with Gasteiger partial charge in [-0.3, -0.25) is 0 Å². The van der Waals surface area contributed by atoms with Gasteiger partial charge < -0.3 is 70.8 Å². The Morgan fingerprint density at radius 1 is 0.250 bits per heavy atom. The molecular weight excluding hydrogens is 728 g/mol. The van der Waals surface area contributed by atoms with Crippen LogP contribution in [0.5, 0.6) is 74.7 Å². The van der Waals surface area contributed by atoms with Crippen molar-refractivity contribution in [1.29, 1.82) is 0 Å². The highest BCUT2D eigenvalue weighted by Gasteiger charge is 2.35. The Hall–Kier alpha value is -8.26. The Morgan fingerprint density at radius 3 is 1.18 bits per heavy atom. The molecule has 0 saturated carbocycles. The van der Waals surface area contributed by atoms with E-state index in [1.807, 2.05) is 0 Å². The van der Waals surface area contributed by atoms with E-state index in [-0.39, 0.29) is 54.7 Å². The van der Waals surface area contributed by atoms with Gasteiger partial charge in [-0.05, 0) is 27.1 Å². The molecule has 56 heavy (non-hydrogen) atoms. The fraction of sp³-hybridized carbons (Fsp3) is 0. The average molecular weight is 755 g/mol. The summed E-state index contributed by atoms with van der Waals surface area (Å²) in [4.78, 5) is 0.